The molecule has 30 heavy (non-hydrogen) atoms. The predicted octanol–water partition coefficient (Wildman–Crippen LogP) is 1.81. The van der Waals surface area contributed by atoms with Gasteiger partial charge in [-0.1, -0.05) is 6.07 Å². The van der Waals surface area contributed by atoms with Crippen LogP contribution in [0.5, 0.6) is 0 Å². The lowest BCUT2D eigenvalue weighted by Gasteiger charge is -2.19. The van der Waals surface area contributed by atoms with Crippen LogP contribution in [0.4, 0.5) is 5.69 Å². The Morgan fingerprint density at radius 3 is 2.63 bits per heavy atom. The number of anilines is 1. The molecule has 1 aromatic carbocycles. The Bertz CT molecular complexity index is 1310. The van der Waals surface area contributed by atoms with Crippen LogP contribution in [-0.2, 0) is 14.8 Å². The molecule has 1 saturated heterocycles. The predicted molar refractivity (Wildman–Crippen MR) is 112 cm³/mol. The molecule has 1 atom stereocenters. The number of benzene rings is 1. The van der Waals surface area contributed by atoms with Crippen LogP contribution in [0.2, 0.25) is 0 Å². The van der Waals surface area contributed by atoms with Crippen LogP contribution in [-0.4, -0.2) is 35.5 Å². The highest BCUT2D eigenvalue weighted by Gasteiger charge is 2.26. The van der Waals surface area contributed by atoms with Crippen LogP contribution in [0, 0.1) is 13.8 Å². The monoisotopic (exact) mass is 429 g/mol. The average Bonchev–Trinajstić information content (AvgIpc) is 3.26. The van der Waals surface area contributed by atoms with Gasteiger partial charge in [-0.2, -0.15) is 0 Å². The third-order valence-electron chi connectivity index (χ3n) is 5.22. The maximum atomic E-state index is 13.1. The van der Waals surface area contributed by atoms with E-state index in [9.17, 15) is 18.0 Å². The Morgan fingerprint density at radius 1 is 1.17 bits per heavy atom. The van der Waals surface area contributed by atoms with Crippen LogP contribution in [0.3, 0.4) is 0 Å². The number of aromatic amines is 1. The van der Waals surface area contributed by atoms with Crippen LogP contribution in [0.15, 0.2) is 40.0 Å². The Morgan fingerprint density at radius 2 is 1.93 bits per heavy atom. The first kappa shape index (κ1) is 20.3. The largest absolute Gasteiger partial charge is 0.312 e. The van der Waals surface area contributed by atoms with Gasteiger partial charge in [0.15, 0.2) is 5.65 Å². The van der Waals surface area contributed by atoms with Gasteiger partial charge in [0.1, 0.15) is 0 Å². The number of hydrogen-bond acceptors (Lipinski definition) is 5. The molecule has 158 valence electrons. The molecule has 3 aromatic rings. The van der Waals surface area contributed by atoms with E-state index in [0.29, 0.717) is 35.6 Å². The third-order valence-corrected chi connectivity index (χ3v) is 6.90. The number of carbonyl (C=O) groups excluding carboxylic acids is 1. The van der Waals surface area contributed by atoms with Crippen molar-refractivity contribution < 1.29 is 13.2 Å². The fourth-order valence-corrected chi connectivity index (χ4v) is 5.16. The summed E-state index contributed by atoms with van der Waals surface area (Å²) in [6.45, 7) is 5.72. The highest BCUT2D eigenvalue weighted by atomic mass is 32.2. The number of nitrogens with zero attached hydrogens (tertiary/aromatic N) is 3. The van der Waals surface area contributed by atoms with Crippen LogP contribution in [0.25, 0.3) is 5.65 Å². The maximum absolute atomic E-state index is 13.1. The van der Waals surface area contributed by atoms with E-state index in [4.69, 9.17) is 0 Å². The van der Waals surface area contributed by atoms with E-state index in [2.05, 4.69) is 14.8 Å². The van der Waals surface area contributed by atoms with Crippen LogP contribution >= 0.6 is 0 Å². The molecular weight excluding hydrogens is 406 g/mol. The van der Waals surface area contributed by atoms with Gasteiger partial charge in [-0.3, -0.25) is 14.7 Å². The van der Waals surface area contributed by atoms with Gasteiger partial charge in [0.2, 0.25) is 15.9 Å². The summed E-state index contributed by atoms with van der Waals surface area (Å²) in [5.41, 5.74) is 2.33. The van der Waals surface area contributed by atoms with Gasteiger partial charge in [0.25, 0.3) is 5.56 Å². The first-order valence-electron chi connectivity index (χ1n) is 9.68. The van der Waals surface area contributed by atoms with E-state index < -0.39 is 16.1 Å². The Labute approximate surface area is 173 Å². The second-order valence-corrected chi connectivity index (χ2v) is 9.28. The molecular formula is C20H23N5O4S. The molecule has 0 spiro atoms. The number of fused-ring (bicyclic) bond motifs is 1. The molecule has 2 aromatic heterocycles. The van der Waals surface area contributed by atoms with Crippen molar-refractivity contribution in [2.45, 2.75) is 44.6 Å². The molecule has 0 saturated carbocycles. The normalized spacial score (nSPS) is 15.8. The summed E-state index contributed by atoms with van der Waals surface area (Å²) in [5, 5.41) is 2.88. The van der Waals surface area contributed by atoms with Crippen LogP contribution < -0.4 is 15.2 Å². The first-order chi connectivity index (χ1) is 14.2. The van der Waals surface area contributed by atoms with Gasteiger partial charge in [0, 0.05) is 36.5 Å². The van der Waals surface area contributed by atoms with Crippen LogP contribution in [0.1, 0.15) is 42.8 Å². The SMILES string of the molecule is Cc1cc2nc(C(C)NS(=O)(=O)c3cc(N4CCCC4=O)ccc3C)cc(=O)n2[nH]1. The topological polar surface area (TPSA) is 117 Å². The van der Waals surface area contributed by atoms with Gasteiger partial charge < -0.3 is 4.90 Å². The second kappa shape index (κ2) is 7.37. The van der Waals surface area contributed by atoms with Gasteiger partial charge >= 0.3 is 0 Å². The van der Waals surface area contributed by atoms with E-state index >= 15 is 0 Å². The number of H-pyrrole nitrogens is 1. The van der Waals surface area contributed by atoms with E-state index in [1.54, 1.807) is 43.9 Å². The zero-order chi connectivity index (χ0) is 21.6. The molecule has 2 N–H and O–H groups in total. The van der Waals surface area contributed by atoms with Gasteiger partial charge in [-0.15, -0.1) is 0 Å². The molecule has 0 aliphatic carbocycles. The number of hydrogen-bond donors (Lipinski definition) is 2. The number of aromatic nitrogens is 3. The maximum Gasteiger partial charge on any atom is 0.272 e. The summed E-state index contributed by atoms with van der Waals surface area (Å²) in [4.78, 5) is 30.5. The Balaban J connectivity index is 1.66. The van der Waals surface area contributed by atoms with E-state index in [1.165, 1.54) is 16.6 Å². The molecule has 10 heteroatoms. The van der Waals surface area contributed by atoms with Gasteiger partial charge in [-0.05, 0) is 44.9 Å². The summed E-state index contributed by atoms with van der Waals surface area (Å²) >= 11 is 0. The number of nitrogens with one attached hydrogen (secondary N) is 2. The van der Waals surface area contributed by atoms with Crippen molar-refractivity contribution in [2.75, 3.05) is 11.4 Å². The Hall–Kier alpha value is -2.98. The minimum Gasteiger partial charge on any atom is -0.312 e. The standard InChI is InChI=1S/C20H23N5O4S/c1-12-6-7-15(24-8-4-5-19(24)26)10-17(12)30(28,29)23-14(3)16-11-20(27)25-18(21-16)9-13(2)22-25/h6-7,9-11,14,22-23H,4-5,8H2,1-3H3. The number of sulfonamides is 1. The first-order valence-corrected chi connectivity index (χ1v) is 11.2. The lowest BCUT2D eigenvalue weighted by atomic mass is 10.2. The smallest absolute Gasteiger partial charge is 0.272 e. The van der Waals surface area contributed by atoms with E-state index in [-0.39, 0.29) is 16.4 Å². The fourth-order valence-electron chi connectivity index (χ4n) is 3.68. The fraction of sp³-hybridized carbons (Fsp3) is 0.350. The number of carbonyl (C=O) groups is 1. The summed E-state index contributed by atoms with van der Waals surface area (Å²) in [6, 6.07) is 7.27. The lowest BCUT2D eigenvalue weighted by molar-refractivity contribution is -0.117. The van der Waals surface area contributed by atoms with Crippen molar-refractivity contribution >= 4 is 27.3 Å². The highest BCUT2D eigenvalue weighted by molar-refractivity contribution is 7.89. The third kappa shape index (κ3) is 3.63. The molecule has 1 amide bonds. The quantitative estimate of drug-likeness (QED) is 0.642. The van der Waals surface area contributed by atoms with Crippen molar-refractivity contribution in [2.24, 2.45) is 0 Å². The summed E-state index contributed by atoms with van der Waals surface area (Å²) in [7, 11) is -3.91. The van der Waals surface area contributed by atoms with Crippen molar-refractivity contribution in [1.29, 1.82) is 0 Å². The zero-order valence-electron chi connectivity index (χ0n) is 17.0. The van der Waals surface area contributed by atoms with E-state index in [0.717, 1.165) is 12.1 Å². The number of aryl methyl sites for hydroxylation is 2. The Kier molecular flexibility index (Phi) is 4.99. The summed E-state index contributed by atoms with van der Waals surface area (Å²) < 4.78 is 30.1. The van der Waals surface area contributed by atoms with Crippen molar-refractivity contribution in [1.82, 2.24) is 19.3 Å². The molecule has 3 heterocycles. The molecule has 9 nitrogen and oxygen atoms in total. The van der Waals surface area contributed by atoms with Crippen molar-refractivity contribution in [3.8, 4) is 0 Å². The average molecular weight is 430 g/mol. The summed E-state index contributed by atoms with van der Waals surface area (Å²) in [6.07, 6.45) is 1.22. The highest BCUT2D eigenvalue weighted by Crippen LogP contribution is 2.27. The minimum atomic E-state index is -3.91. The molecule has 0 radical (unpaired) electrons. The number of amides is 1. The van der Waals surface area contributed by atoms with Crippen molar-refractivity contribution in [3.05, 3.63) is 57.6 Å². The summed E-state index contributed by atoms with van der Waals surface area (Å²) in [5.74, 6) is -0.0108. The molecule has 4 rings (SSSR count). The molecule has 1 unspecified atom stereocenters. The zero-order valence-corrected chi connectivity index (χ0v) is 17.8. The molecule has 0 bridgehead atoms. The number of rotatable bonds is 5. The van der Waals surface area contributed by atoms with Gasteiger partial charge in [-0.25, -0.2) is 22.6 Å². The van der Waals surface area contributed by atoms with E-state index in [1.807, 2.05) is 0 Å². The minimum absolute atomic E-state index is 0.0108. The molecule has 1 aliphatic rings. The molecule has 1 aliphatic heterocycles. The second-order valence-electron chi connectivity index (χ2n) is 7.59. The lowest BCUT2D eigenvalue weighted by Crippen LogP contribution is -2.30. The van der Waals surface area contributed by atoms with Crippen molar-refractivity contribution in [3.63, 3.8) is 0 Å². The van der Waals surface area contributed by atoms with Gasteiger partial charge in [0.05, 0.1) is 16.6 Å². The molecule has 1 fully saturated rings.